The largest absolute Gasteiger partial charge is 0.424 e. The predicted molar refractivity (Wildman–Crippen MR) is 160 cm³/mol. The van der Waals surface area contributed by atoms with E-state index in [1.807, 2.05) is 41.6 Å². The molecule has 2 aromatic heterocycles. The molecule has 222 valence electrons. The third-order valence-electron chi connectivity index (χ3n) is 9.38. The van der Waals surface area contributed by atoms with Crippen molar-refractivity contribution in [3.63, 3.8) is 0 Å². The van der Waals surface area contributed by atoms with Crippen molar-refractivity contribution in [1.29, 1.82) is 0 Å². The van der Waals surface area contributed by atoms with Crippen LogP contribution >= 0.6 is 0 Å². The number of amides is 1. The van der Waals surface area contributed by atoms with E-state index in [-0.39, 0.29) is 47.5 Å². The van der Waals surface area contributed by atoms with Crippen LogP contribution in [0.1, 0.15) is 86.7 Å². The number of carbonyl (C=O) groups is 3. The molecular weight excluding hydrogens is 530 g/mol. The number of carbonyl (C=O) groups excluding carboxylic acids is 3. The average molecular weight is 572 g/mol. The maximum atomic E-state index is 14.1. The van der Waals surface area contributed by atoms with Crippen molar-refractivity contribution in [3.05, 3.63) is 47.4 Å². The van der Waals surface area contributed by atoms with Gasteiger partial charge in [-0.3, -0.25) is 14.4 Å². The predicted octanol–water partition coefficient (Wildman–Crippen LogP) is 5.17. The van der Waals surface area contributed by atoms with Gasteiger partial charge in [-0.2, -0.15) is 0 Å². The molecule has 9 heteroatoms. The van der Waals surface area contributed by atoms with Crippen molar-refractivity contribution >= 4 is 28.4 Å². The monoisotopic (exact) mass is 571 g/mol. The van der Waals surface area contributed by atoms with Crippen LogP contribution < -0.4 is 10.1 Å². The summed E-state index contributed by atoms with van der Waals surface area (Å²) in [5.74, 6) is 0.574. The minimum Gasteiger partial charge on any atom is -0.424 e. The Morgan fingerprint density at radius 3 is 2.62 bits per heavy atom. The first-order valence-corrected chi connectivity index (χ1v) is 15.5. The molecule has 3 aromatic rings. The SMILES string of the molecule is CCC(=O)[C@@H]1C[C@]23CNCCCCCCCc4cc(Oc5ncc(C)cn5)cc5c(C(C)=O)cn(c45)CC(=O)N1[C@@H]2C3. The lowest BCUT2D eigenvalue weighted by Crippen LogP contribution is -2.44. The fourth-order valence-corrected chi connectivity index (χ4v) is 7.11. The maximum absolute atomic E-state index is 14.1. The van der Waals surface area contributed by atoms with E-state index >= 15 is 0 Å². The highest BCUT2D eigenvalue weighted by molar-refractivity contribution is 6.08. The Balaban J connectivity index is 1.40. The molecule has 4 heterocycles. The molecule has 1 saturated carbocycles. The topological polar surface area (TPSA) is 106 Å². The van der Waals surface area contributed by atoms with Crippen LogP contribution in [0.15, 0.2) is 30.7 Å². The number of ketones is 2. The Labute approximate surface area is 247 Å². The van der Waals surface area contributed by atoms with Crippen molar-refractivity contribution in [1.82, 2.24) is 24.8 Å². The molecule has 2 bridgehead atoms. The van der Waals surface area contributed by atoms with E-state index in [0.29, 0.717) is 17.7 Å². The van der Waals surface area contributed by atoms with Gasteiger partial charge in [0.2, 0.25) is 5.91 Å². The van der Waals surface area contributed by atoms with E-state index in [1.54, 1.807) is 19.3 Å². The van der Waals surface area contributed by atoms with Gasteiger partial charge in [-0.05, 0) is 75.8 Å². The van der Waals surface area contributed by atoms with E-state index < -0.39 is 0 Å². The number of aryl methyl sites for hydroxylation is 2. The number of ether oxygens (including phenoxy) is 1. The van der Waals surface area contributed by atoms with E-state index in [1.165, 1.54) is 6.42 Å². The van der Waals surface area contributed by atoms with Gasteiger partial charge in [-0.15, -0.1) is 0 Å². The van der Waals surface area contributed by atoms with Gasteiger partial charge in [0.05, 0.1) is 11.6 Å². The first-order chi connectivity index (χ1) is 20.3. The van der Waals surface area contributed by atoms with Gasteiger partial charge in [0.25, 0.3) is 0 Å². The molecule has 1 aliphatic carbocycles. The van der Waals surface area contributed by atoms with Crippen LogP contribution in [-0.4, -0.2) is 62.1 Å². The zero-order valence-corrected chi connectivity index (χ0v) is 24.9. The summed E-state index contributed by atoms with van der Waals surface area (Å²) in [6, 6.07) is 3.83. The molecule has 1 saturated heterocycles. The van der Waals surface area contributed by atoms with Crippen LogP contribution in [0.3, 0.4) is 0 Å². The maximum Gasteiger partial charge on any atom is 0.321 e. The summed E-state index contributed by atoms with van der Waals surface area (Å²) >= 11 is 0. The fraction of sp³-hybridized carbons (Fsp3) is 0.545. The molecule has 9 nitrogen and oxygen atoms in total. The molecule has 0 unspecified atom stereocenters. The van der Waals surface area contributed by atoms with Gasteiger partial charge in [-0.25, -0.2) is 9.97 Å². The number of hydrogen-bond donors (Lipinski definition) is 1. The van der Waals surface area contributed by atoms with Crippen LogP contribution in [0.25, 0.3) is 10.9 Å². The van der Waals surface area contributed by atoms with Crippen molar-refractivity contribution in [2.24, 2.45) is 5.41 Å². The Bertz CT molecular complexity index is 1510. The number of nitrogens with one attached hydrogen (secondary N) is 1. The molecule has 6 rings (SSSR count). The zero-order valence-electron chi connectivity index (χ0n) is 24.9. The standard InChI is InChI=1S/C33H41N5O4/c1-4-28(40)27-14-33-15-29(33)38(27)30(41)19-37-18-26(22(3)39)25-13-24(42-32-35-16-21(2)17-36-32)12-23(31(25)37)10-8-6-5-7-9-11-34-20-33/h12-13,16-18,27,29,34H,4-11,14-15,19-20H2,1-3H3/t27-,29+,33-/m0/s1. The molecule has 0 radical (unpaired) electrons. The first kappa shape index (κ1) is 28.5. The summed E-state index contributed by atoms with van der Waals surface area (Å²) in [7, 11) is 0. The number of piperidine rings is 1. The summed E-state index contributed by atoms with van der Waals surface area (Å²) in [6.07, 6.45) is 13.7. The molecule has 2 fully saturated rings. The number of benzene rings is 1. The summed E-state index contributed by atoms with van der Waals surface area (Å²) in [5, 5.41) is 4.41. The quantitative estimate of drug-likeness (QED) is 0.421. The highest BCUT2D eigenvalue weighted by atomic mass is 16.5. The second-order valence-electron chi connectivity index (χ2n) is 12.5. The third-order valence-corrected chi connectivity index (χ3v) is 9.38. The van der Waals surface area contributed by atoms with Crippen LogP contribution in [0.4, 0.5) is 0 Å². The lowest BCUT2D eigenvalue weighted by atomic mass is 9.96. The summed E-state index contributed by atoms with van der Waals surface area (Å²) in [4.78, 5) is 50.4. The van der Waals surface area contributed by atoms with Crippen LogP contribution in [0, 0.1) is 12.3 Å². The van der Waals surface area contributed by atoms with E-state index in [4.69, 9.17) is 4.74 Å². The molecular formula is C33H41N5O4. The van der Waals surface area contributed by atoms with Crippen molar-refractivity contribution in [2.75, 3.05) is 13.1 Å². The van der Waals surface area contributed by atoms with E-state index in [2.05, 4.69) is 15.3 Å². The van der Waals surface area contributed by atoms with Crippen LogP contribution in [-0.2, 0) is 22.6 Å². The van der Waals surface area contributed by atoms with Gasteiger partial charge >= 0.3 is 6.01 Å². The highest BCUT2D eigenvalue weighted by Gasteiger charge is 2.66. The molecule has 0 spiro atoms. The average Bonchev–Trinajstić information content (AvgIpc) is 3.38. The molecule has 3 aliphatic rings. The van der Waals surface area contributed by atoms with Crippen molar-refractivity contribution in [2.45, 2.75) is 97.2 Å². The minimum atomic E-state index is -0.370. The fourth-order valence-electron chi connectivity index (χ4n) is 7.11. The van der Waals surface area contributed by atoms with Crippen molar-refractivity contribution < 1.29 is 19.1 Å². The smallest absolute Gasteiger partial charge is 0.321 e. The van der Waals surface area contributed by atoms with E-state index in [9.17, 15) is 14.4 Å². The lowest BCUT2D eigenvalue weighted by Gasteiger charge is -2.27. The Morgan fingerprint density at radius 1 is 1.10 bits per heavy atom. The van der Waals surface area contributed by atoms with Gasteiger partial charge < -0.3 is 19.5 Å². The highest BCUT2D eigenvalue weighted by Crippen LogP contribution is 2.59. The number of rotatable bonds is 5. The van der Waals surface area contributed by atoms with Gasteiger partial charge in [0.15, 0.2) is 11.6 Å². The second-order valence-corrected chi connectivity index (χ2v) is 12.5. The van der Waals surface area contributed by atoms with Crippen LogP contribution in [0.5, 0.6) is 11.8 Å². The molecule has 3 atom stereocenters. The number of nitrogens with zero attached hydrogens (tertiary/aromatic N) is 4. The number of aromatic nitrogens is 3. The summed E-state index contributed by atoms with van der Waals surface area (Å²) in [5.41, 5.74) is 3.41. The van der Waals surface area contributed by atoms with Crippen LogP contribution in [0.2, 0.25) is 0 Å². The molecule has 42 heavy (non-hydrogen) atoms. The second kappa shape index (κ2) is 11.6. The summed E-state index contributed by atoms with van der Waals surface area (Å²) in [6.45, 7) is 7.26. The van der Waals surface area contributed by atoms with Gasteiger partial charge in [0, 0.05) is 54.0 Å². The Morgan fingerprint density at radius 2 is 1.86 bits per heavy atom. The zero-order chi connectivity index (χ0) is 29.4. The number of hydrogen-bond acceptors (Lipinski definition) is 7. The third kappa shape index (κ3) is 5.46. The molecule has 1 aromatic carbocycles. The summed E-state index contributed by atoms with van der Waals surface area (Å²) < 4.78 is 8.01. The normalized spacial score (nSPS) is 24.7. The lowest BCUT2D eigenvalue weighted by molar-refractivity contribution is -0.139. The molecule has 1 amide bonds. The first-order valence-electron chi connectivity index (χ1n) is 15.5. The molecule has 2 aliphatic heterocycles. The van der Waals surface area contributed by atoms with E-state index in [0.717, 1.165) is 80.1 Å². The molecule has 1 N–H and O–H groups in total. The van der Waals surface area contributed by atoms with Gasteiger partial charge in [-0.1, -0.05) is 26.2 Å². The minimum absolute atomic E-state index is 0.00212. The Hall–Kier alpha value is -3.59. The number of Topliss-reactive ketones (excluding diaryl/α,β-unsaturated/α-hetero) is 2. The van der Waals surface area contributed by atoms with Gasteiger partial charge in [0.1, 0.15) is 12.3 Å². The Kier molecular flexibility index (Phi) is 7.87. The van der Waals surface area contributed by atoms with Crippen molar-refractivity contribution in [3.8, 4) is 11.8 Å².